The predicted octanol–water partition coefficient (Wildman–Crippen LogP) is 3.11. The minimum atomic E-state index is 0.615. The van der Waals surface area contributed by atoms with Crippen molar-refractivity contribution < 1.29 is 4.74 Å². The van der Waals surface area contributed by atoms with Crippen LogP contribution < -0.4 is 4.74 Å². The quantitative estimate of drug-likeness (QED) is 0.636. The largest absolute Gasteiger partial charge is 0.497 e. The van der Waals surface area contributed by atoms with Crippen molar-refractivity contribution in [1.82, 2.24) is 24.2 Å². The molecule has 1 aromatic carbocycles. The molecule has 0 radical (unpaired) electrons. The Morgan fingerprint density at radius 2 is 1.80 bits per heavy atom. The summed E-state index contributed by atoms with van der Waals surface area (Å²) in [5.74, 6) is 1.70. The number of pyridine rings is 1. The number of methoxy groups -OCH3 is 1. The highest BCUT2D eigenvalue weighted by atomic mass is 32.1. The van der Waals surface area contributed by atoms with Gasteiger partial charge in [0, 0.05) is 31.5 Å². The van der Waals surface area contributed by atoms with Gasteiger partial charge in [0.05, 0.1) is 13.8 Å². The van der Waals surface area contributed by atoms with E-state index in [0.29, 0.717) is 11.4 Å². The molecule has 3 aromatic rings. The highest BCUT2D eigenvalue weighted by Crippen LogP contribution is 2.17. The molecular formula is C18H21N5OS. The lowest BCUT2D eigenvalue weighted by Crippen LogP contribution is -2.22. The Morgan fingerprint density at radius 3 is 2.44 bits per heavy atom. The number of nitrogens with zero attached hydrogens (tertiary/aromatic N) is 5. The molecule has 0 saturated heterocycles. The zero-order chi connectivity index (χ0) is 17.8. The third-order valence-corrected chi connectivity index (χ3v) is 4.45. The van der Waals surface area contributed by atoms with Gasteiger partial charge < -0.3 is 9.30 Å². The Labute approximate surface area is 152 Å². The molecule has 2 heterocycles. The van der Waals surface area contributed by atoms with Crippen LogP contribution in [0.5, 0.6) is 5.75 Å². The van der Waals surface area contributed by atoms with E-state index in [9.17, 15) is 0 Å². The number of benzene rings is 1. The second-order valence-electron chi connectivity index (χ2n) is 5.90. The molecule has 0 aliphatic rings. The Balaban J connectivity index is 1.75. The van der Waals surface area contributed by atoms with Crippen molar-refractivity contribution in [2.75, 3.05) is 14.2 Å². The second kappa shape index (κ2) is 7.58. The van der Waals surface area contributed by atoms with Gasteiger partial charge >= 0.3 is 0 Å². The maximum atomic E-state index is 5.53. The Bertz CT molecular complexity index is 886. The van der Waals surface area contributed by atoms with E-state index in [0.717, 1.165) is 23.7 Å². The molecule has 0 N–H and O–H groups in total. The van der Waals surface area contributed by atoms with E-state index in [2.05, 4.69) is 27.1 Å². The van der Waals surface area contributed by atoms with Gasteiger partial charge in [-0.3, -0.25) is 9.88 Å². The maximum Gasteiger partial charge on any atom is 0.199 e. The van der Waals surface area contributed by atoms with Crippen LogP contribution in [0.2, 0.25) is 0 Å². The van der Waals surface area contributed by atoms with Gasteiger partial charge in [-0.15, -0.1) is 0 Å². The van der Waals surface area contributed by atoms with Crippen molar-refractivity contribution in [2.45, 2.75) is 13.2 Å². The molecule has 0 atom stereocenters. The Morgan fingerprint density at radius 1 is 1.12 bits per heavy atom. The van der Waals surface area contributed by atoms with Crippen LogP contribution in [-0.2, 0) is 20.3 Å². The molecule has 0 fully saturated rings. The van der Waals surface area contributed by atoms with E-state index >= 15 is 0 Å². The fraction of sp³-hybridized carbons (Fsp3) is 0.278. The normalized spacial score (nSPS) is 11.0. The van der Waals surface area contributed by atoms with Gasteiger partial charge in [0.15, 0.2) is 10.6 Å². The summed E-state index contributed by atoms with van der Waals surface area (Å²) < 4.78 is 9.65. The Hall–Kier alpha value is -2.51. The maximum absolute atomic E-state index is 5.53. The number of rotatable bonds is 6. The van der Waals surface area contributed by atoms with Gasteiger partial charge in [-0.2, -0.15) is 5.10 Å². The summed E-state index contributed by atoms with van der Waals surface area (Å²) in [7, 11) is 5.65. The van der Waals surface area contributed by atoms with Gasteiger partial charge in [0.2, 0.25) is 0 Å². The van der Waals surface area contributed by atoms with Gasteiger partial charge in [-0.25, -0.2) is 4.68 Å². The van der Waals surface area contributed by atoms with Crippen LogP contribution in [0, 0.1) is 4.77 Å². The number of aromatic nitrogens is 4. The first-order chi connectivity index (χ1) is 12.1. The lowest BCUT2D eigenvalue weighted by atomic mass is 10.2. The molecule has 7 heteroatoms. The minimum absolute atomic E-state index is 0.615. The first kappa shape index (κ1) is 17.3. The summed E-state index contributed by atoms with van der Waals surface area (Å²) in [5, 5.41) is 4.67. The summed E-state index contributed by atoms with van der Waals surface area (Å²) in [6.45, 7) is 1.41. The van der Waals surface area contributed by atoms with E-state index in [1.54, 1.807) is 19.5 Å². The lowest BCUT2D eigenvalue weighted by Gasteiger charge is -2.16. The number of ether oxygens (including phenoxy) is 1. The zero-order valence-electron chi connectivity index (χ0n) is 14.6. The third kappa shape index (κ3) is 3.94. The summed E-state index contributed by atoms with van der Waals surface area (Å²) in [6.07, 6.45) is 3.51. The van der Waals surface area contributed by atoms with Crippen molar-refractivity contribution in [1.29, 1.82) is 0 Å². The van der Waals surface area contributed by atoms with Crippen LogP contribution in [-0.4, -0.2) is 38.4 Å². The van der Waals surface area contributed by atoms with E-state index in [-0.39, 0.29) is 0 Å². The molecule has 2 aromatic heterocycles. The van der Waals surface area contributed by atoms with Crippen molar-refractivity contribution >= 4 is 12.2 Å². The summed E-state index contributed by atoms with van der Waals surface area (Å²) >= 11 is 5.53. The van der Waals surface area contributed by atoms with Crippen molar-refractivity contribution in [3.63, 3.8) is 0 Å². The van der Waals surface area contributed by atoms with Crippen LogP contribution in [0.4, 0.5) is 0 Å². The van der Waals surface area contributed by atoms with Gasteiger partial charge in [-0.1, -0.05) is 12.1 Å². The van der Waals surface area contributed by atoms with Crippen LogP contribution in [0.1, 0.15) is 5.56 Å². The molecule has 0 bridgehead atoms. The number of hydrogen-bond acceptors (Lipinski definition) is 5. The smallest absolute Gasteiger partial charge is 0.199 e. The summed E-state index contributed by atoms with van der Waals surface area (Å²) in [4.78, 5) is 6.22. The highest BCUT2D eigenvalue weighted by molar-refractivity contribution is 7.71. The fourth-order valence-electron chi connectivity index (χ4n) is 2.65. The van der Waals surface area contributed by atoms with E-state index in [1.165, 1.54) is 5.56 Å². The van der Waals surface area contributed by atoms with Crippen molar-refractivity contribution in [3.05, 3.63) is 59.1 Å². The van der Waals surface area contributed by atoms with Crippen LogP contribution >= 0.6 is 12.2 Å². The lowest BCUT2D eigenvalue weighted by molar-refractivity contribution is 0.244. The minimum Gasteiger partial charge on any atom is -0.497 e. The molecule has 0 aliphatic heterocycles. The van der Waals surface area contributed by atoms with Crippen LogP contribution in [0.3, 0.4) is 0 Å². The van der Waals surface area contributed by atoms with Gasteiger partial charge in [0.1, 0.15) is 5.75 Å². The second-order valence-corrected chi connectivity index (χ2v) is 6.27. The van der Waals surface area contributed by atoms with E-state index in [1.807, 2.05) is 47.6 Å². The van der Waals surface area contributed by atoms with E-state index in [4.69, 9.17) is 17.0 Å². The molecule has 0 amide bonds. The molecule has 3 rings (SSSR count). The molecular weight excluding hydrogens is 334 g/mol. The molecule has 0 spiro atoms. The van der Waals surface area contributed by atoms with Gasteiger partial charge in [-0.05, 0) is 49.1 Å². The van der Waals surface area contributed by atoms with Crippen molar-refractivity contribution in [3.8, 4) is 17.1 Å². The summed E-state index contributed by atoms with van der Waals surface area (Å²) in [5.41, 5.74) is 2.21. The molecule has 0 unspecified atom stereocenters. The Kier molecular flexibility index (Phi) is 5.25. The monoisotopic (exact) mass is 355 g/mol. The van der Waals surface area contributed by atoms with Crippen LogP contribution in [0.15, 0.2) is 48.8 Å². The SMILES string of the molecule is COc1ccc(CN(C)Cn2nc(-c3ccncc3)n(C)c2=S)cc1. The highest BCUT2D eigenvalue weighted by Gasteiger charge is 2.11. The van der Waals surface area contributed by atoms with E-state index < -0.39 is 0 Å². The zero-order valence-corrected chi connectivity index (χ0v) is 15.4. The van der Waals surface area contributed by atoms with Gasteiger partial charge in [0.25, 0.3) is 0 Å². The molecule has 0 aliphatic carbocycles. The topological polar surface area (TPSA) is 48.1 Å². The standard InChI is InChI=1S/C18H21N5OS/c1-21(12-14-4-6-16(24-3)7-5-14)13-23-18(25)22(2)17(20-23)15-8-10-19-11-9-15/h4-11H,12-13H2,1-3H3. The first-order valence-corrected chi connectivity index (χ1v) is 8.35. The average molecular weight is 355 g/mol. The third-order valence-electron chi connectivity index (χ3n) is 3.97. The molecule has 6 nitrogen and oxygen atoms in total. The average Bonchev–Trinajstić information content (AvgIpc) is 2.91. The number of hydrogen-bond donors (Lipinski definition) is 0. The summed E-state index contributed by atoms with van der Waals surface area (Å²) in [6, 6.07) is 11.9. The fourth-order valence-corrected chi connectivity index (χ4v) is 2.84. The molecule has 0 saturated carbocycles. The van der Waals surface area contributed by atoms with Crippen molar-refractivity contribution in [2.24, 2.45) is 7.05 Å². The predicted molar refractivity (Wildman–Crippen MR) is 99.7 cm³/mol. The first-order valence-electron chi connectivity index (χ1n) is 7.94. The van der Waals surface area contributed by atoms with Crippen LogP contribution in [0.25, 0.3) is 11.4 Å². The molecule has 25 heavy (non-hydrogen) atoms. The molecule has 130 valence electrons.